The summed E-state index contributed by atoms with van der Waals surface area (Å²) in [5.41, 5.74) is 1.58. The van der Waals surface area contributed by atoms with Crippen molar-refractivity contribution in [2.45, 2.75) is 17.3 Å². The Morgan fingerprint density at radius 2 is 1.09 bits per heavy atom. The van der Waals surface area contributed by atoms with Crippen LogP contribution < -0.4 is 9.80 Å². The van der Waals surface area contributed by atoms with E-state index in [1.807, 2.05) is 30.3 Å². The summed E-state index contributed by atoms with van der Waals surface area (Å²) >= 11 is 0.977. The zero-order valence-corrected chi connectivity index (χ0v) is 18.9. The molecule has 0 radical (unpaired) electrons. The Labute approximate surface area is 199 Å². The first-order valence-corrected chi connectivity index (χ1v) is 11.4. The third kappa shape index (κ3) is 3.75. The van der Waals surface area contributed by atoms with Crippen molar-refractivity contribution in [2.24, 2.45) is 0 Å². The maximum Gasteiger partial charge on any atom is 0.342 e. The summed E-state index contributed by atoms with van der Waals surface area (Å²) in [5.74, 6) is -0.641. The second kappa shape index (κ2) is 8.95. The monoisotopic (exact) mass is 469 g/mol. The minimum Gasteiger partial charge on any atom is -0.274 e. The van der Waals surface area contributed by atoms with Gasteiger partial charge in [-0.15, -0.1) is 10.2 Å². The van der Waals surface area contributed by atoms with Crippen molar-refractivity contribution in [3.8, 4) is 5.69 Å². The van der Waals surface area contributed by atoms with Crippen molar-refractivity contribution in [1.29, 1.82) is 0 Å². The summed E-state index contributed by atoms with van der Waals surface area (Å²) in [5, 5.41) is 7.52. The molecular weight excluding hydrogens is 450 g/mol. The summed E-state index contributed by atoms with van der Waals surface area (Å²) in [4.78, 5) is 42.6. The van der Waals surface area contributed by atoms with E-state index in [4.69, 9.17) is 0 Å². The number of hydrogen-bond acceptors (Lipinski definition) is 6. The molecule has 168 valence electrons. The van der Waals surface area contributed by atoms with Crippen LogP contribution in [0.4, 0.5) is 16.2 Å². The number of anilines is 2. The highest BCUT2D eigenvalue weighted by Gasteiger charge is 2.48. The molecule has 0 atom stereocenters. The van der Waals surface area contributed by atoms with Crippen LogP contribution in [0.2, 0.25) is 0 Å². The van der Waals surface area contributed by atoms with Crippen LogP contribution >= 0.6 is 11.8 Å². The van der Waals surface area contributed by atoms with Gasteiger partial charge in [0.05, 0.1) is 11.4 Å². The van der Waals surface area contributed by atoms with Crippen LogP contribution in [0.3, 0.4) is 0 Å². The molecule has 4 amide bonds. The minimum atomic E-state index is -1.23. The van der Waals surface area contributed by atoms with Crippen molar-refractivity contribution in [3.63, 3.8) is 0 Å². The van der Waals surface area contributed by atoms with Crippen molar-refractivity contribution >= 4 is 41.0 Å². The molecule has 0 aliphatic carbocycles. The van der Waals surface area contributed by atoms with Crippen molar-refractivity contribution in [3.05, 3.63) is 96.8 Å². The number of barbiturate groups is 1. The summed E-state index contributed by atoms with van der Waals surface area (Å²) in [7, 11) is 0. The van der Waals surface area contributed by atoms with Gasteiger partial charge in [0.2, 0.25) is 0 Å². The Morgan fingerprint density at radius 1 is 0.647 bits per heavy atom. The number of aryl methyl sites for hydroxylation is 1. The van der Waals surface area contributed by atoms with Gasteiger partial charge in [-0.3, -0.25) is 14.2 Å². The topological polar surface area (TPSA) is 88.4 Å². The van der Waals surface area contributed by atoms with E-state index in [9.17, 15) is 14.4 Å². The van der Waals surface area contributed by atoms with Crippen molar-refractivity contribution in [2.75, 3.05) is 9.80 Å². The van der Waals surface area contributed by atoms with Crippen LogP contribution in [0.15, 0.2) is 96.2 Å². The van der Waals surface area contributed by atoms with Gasteiger partial charge in [0, 0.05) is 5.69 Å². The maximum absolute atomic E-state index is 13.6. The molecule has 0 saturated carbocycles. The predicted octanol–water partition coefficient (Wildman–Crippen LogP) is 4.24. The van der Waals surface area contributed by atoms with E-state index in [2.05, 4.69) is 10.2 Å². The molecule has 0 bridgehead atoms. The second-order valence-corrected chi connectivity index (χ2v) is 8.57. The standard InChI is InChI=1S/C25H19N5O3S/c1-17-26-27-24(28(17)18-11-5-2-6-12-18)34-21-22(31)29(19-13-7-3-8-14-19)25(33)30(23(21)32)20-15-9-4-10-16-20/h2-16,21H,1H3. The number of urea groups is 1. The summed E-state index contributed by atoms with van der Waals surface area (Å²) in [6, 6.07) is 25.9. The first-order chi connectivity index (χ1) is 16.6. The summed E-state index contributed by atoms with van der Waals surface area (Å²) in [6.45, 7) is 1.80. The van der Waals surface area contributed by atoms with Crippen LogP contribution in [0.5, 0.6) is 0 Å². The Morgan fingerprint density at radius 3 is 1.56 bits per heavy atom. The molecule has 9 heteroatoms. The van der Waals surface area contributed by atoms with Gasteiger partial charge in [-0.25, -0.2) is 14.6 Å². The zero-order chi connectivity index (χ0) is 23.7. The summed E-state index contributed by atoms with van der Waals surface area (Å²) in [6.07, 6.45) is 0. The number of rotatable bonds is 5. The Balaban J connectivity index is 1.59. The largest absolute Gasteiger partial charge is 0.342 e. The predicted molar refractivity (Wildman–Crippen MR) is 129 cm³/mol. The second-order valence-electron chi connectivity index (χ2n) is 7.50. The quantitative estimate of drug-likeness (QED) is 0.407. The number of amides is 4. The van der Waals surface area contributed by atoms with E-state index >= 15 is 0 Å². The number of thioether (sulfide) groups is 1. The number of benzene rings is 3. The van der Waals surface area contributed by atoms with E-state index in [0.717, 1.165) is 27.2 Å². The van der Waals surface area contributed by atoms with Gasteiger partial charge >= 0.3 is 6.03 Å². The zero-order valence-electron chi connectivity index (χ0n) is 18.1. The van der Waals surface area contributed by atoms with Gasteiger partial charge in [0.15, 0.2) is 10.4 Å². The minimum absolute atomic E-state index is 0.380. The lowest BCUT2D eigenvalue weighted by Gasteiger charge is -2.36. The number of para-hydroxylation sites is 3. The summed E-state index contributed by atoms with van der Waals surface area (Å²) < 4.78 is 1.78. The van der Waals surface area contributed by atoms with Crippen LogP contribution in [-0.2, 0) is 9.59 Å². The van der Waals surface area contributed by atoms with E-state index in [0.29, 0.717) is 22.4 Å². The lowest BCUT2D eigenvalue weighted by atomic mass is 10.2. The van der Waals surface area contributed by atoms with Crippen molar-refractivity contribution in [1.82, 2.24) is 14.8 Å². The molecule has 1 saturated heterocycles. The molecule has 1 fully saturated rings. The molecule has 34 heavy (non-hydrogen) atoms. The van der Waals surface area contributed by atoms with E-state index in [-0.39, 0.29) is 0 Å². The molecule has 4 aromatic rings. The molecule has 0 N–H and O–H groups in total. The maximum atomic E-state index is 13.6. The van der Waals surface area contributed by atoms with Gasteiger partial charge in [-0.05, 0) is 43.3 Å². The van der Waals surface area contributed by atoms with Gasteiger partial charge in [-0.1, -0.05) is 66.4 Å². The first kappa shape index (κ1) is 21.6. The Bertz CT molecular complexity index is 1300. The molecular formula is C25H19N5O3S. The first-order valence-electron chi connectivity index (χ1n) is 10.5. The fourth-order valence-electron chi connectivity index (χ4n) is 3.76. The molecule has 5 rings (SSSR count). The van der Waals surface area contributed by atoms with Crippen LogP contribution in [0, 0.1) is 6.92 Å². The molecule has 1 aliphatic rings. The number of nitrogens with zero attached hydrogens (tertiary/aromatic N) is 5. The Kier molecular flexibility index (Phi) is 5.69. The average molecular weight is 470 g/mol. The van der Waals surface area contributed by atoms with Crippen LogP contribution in [-0.4, -0.2) is 37.9 Å². The third-order valence-corrected chi connectivity index (χ3v) is 6.45. The van der Waals surface area contributed by atoms with E-state index in [1.165, 1.54) is 0 Å². The van der Waals surface area contributed by atoms with Crippen LogP contribution in [0.1, 0.15) is 5.82 Å². The molecule has 0 spiro atoms. The highest BCUT2D eigenvalue weighted by Crippen LogP contribution is 2.34. The number of carbonyl (C=O) groups excluding carboxylic acids is 3. The fourth-order valence-corrected chi connectivity index (χ4v) is 4.81. The number of aromatic nitrogens is 3. The smallest absolute Gasteiger partial charge is 0.274 e. The van der Waals surface area contributed by atoms with Crippen LogP contribution in [0.25, 0.3) is 5.69 Å². The highest BCUT2D eigenvalue weighted by molar-refractivity contribution is 8.01. The molecule has 8 nitrogen and oxygen atoms in total. The fraction of sp³-hybridized carbons (Fsp3) is 0.0800. The number of hydrogen-bond donors (Lipinski definition) is 0. The molecule has 1 aromatic heterocycles. The van der Waals surface area contributed by atoms with Gasteiger partial charge in [-0.2, -0.15) is 0 Å². The average Bonchev–Trinajstić information content (AvgIpc) is 3.23. The molecule has 2 heterocycles. The lowest BCUT2D eigenvalue weighted by Crippen LogP contribution is -2.62. The number of carbonyl (C=O) groups is 3. The normalized spacial score (nSPS) is 14.7. The lowest BCUT2D eigenvalue weighted by molar-refractivity contribution is -0.126. The third-order valence-electron chi connectivity index (χ3n) is 5.33. The molecule has 1 aliphatic heterocycles. The molecule has 0 unspecified atom stereocenters. The van der Waals surface area contributed by atoms with Crippen molar-refractivity contribution < 1.29 is 14.4 Å². The molecule has 3 aromatic carbocycles. The van der Waals surface area contributed by atoms with E-state index < -0.39 is 23.1 Å². The van der Waals surface area contributed by atoms with Gasteiger partial charge < -0.3 is 0 Å². The highest BCUT2D eigenvalue weighted by atomic mass is 32.2. The van der Waals surface area contributed by atoms with E-state index in [1.54, 1.807) is 72.2 Å². The Hall–Kier alpha value is -4.24. The SMILES string of the molecule is Cc1nnc(SC2C(=O)N(c3ccccc3)C(=O)N(c3ccccc3)C2=O)n1-c1ccccc1. The number of imide groups is 2. The van der Waals surface area contributed by atoms with Gasteiger partial charge in [0.25, 0.3) is 11.8 Å². The van der Waals surface area contributed by atoms with Gasteiger partial charge in [0.1, 0.15) is 5.82 Å².